The number of amides is 3. The molecule has 2 aliphatic rings. The van der Waals surface area contributed by atoms with Crippen LogP contribution in [0.4, 0.5) is 0 Å². The normalized spacial score (nSPS) is 25.5. The molecule has 2 saturated heterocycles. The van der Waals surface area contributed by atoms with E-state index >= 15 is 0 Å². The first-order chi connectivity index (χ1) is 10.9. The predicted octanol–water partition coefficient (Wildman–Crippen LogP) is 0.865. The van der Waals surface area contributed by atoms with Crippen LogP contribution >= 0.6 is 15.9 Å². The zero-order chi connectivity index (χ0) is 17.0. The van der Waals surface area contributed by atoms with E-state index in [1.54, 1.807) is 14.7 Å². The van der Waals surface area contributed by atoms with Gasteiger partial charge in [0.05, 0.1) is 0 Å². The van der Waals surface area contributed by atoms with Crippen LogP contribution in [0.3, 0.4) is 0 Å². The van der Waals surface area contributed by atoms with Crippen molar-refractivity contribution in [2.75, 3.05) is 39.3 Å². The van der Waals surface area contributed by atoms with Gasteiger partial charge in [-0.05, 0) is 12.0 Å². The number of likely N-dealkylation sites (tertiary alicyclic amines) is 1. The van der Waals surface area contributed by atoms with Gasteiger partial charge in [0, 0.05) is 56.9 Å². The number of hydrogen-bond acceptors (Lipinski definition) is 3. The Bertz CT molecular complexity index is 489. The van der Waals surface area contributed by atoms with Crippen LogP contribution < -0.4 is 0 Å². The lowest BCUT2D eigenvalue weighted by molar-refractivity contribution is -0.139. The summed E-state index contributed by atoms with van der Waals surface area (Å²) in [5.41, 5.74) is 0. The van der Waals surface area contributed by atoms with Crippen LogP contribution in [0.1, 0.15) is 19.8 Å². The van der Waals surface area contributed by atoms with Crippen molar-refractivity contribution in [1.29, 1.82) is 0 Å². The monoisotopic (exact) mass is 385 g/mol. The molecule has 0 spiro atoms. The average molecular weight is 386 g/mol. The zero-order valence-corrected chi connectivity index (χ0v) is 15.1. The van der Waals surface area contributed by atoms with Crippen LogP contribution in [0.5, 0.6) is 0 Å². The van der Waals surface area contributed by atoms with Crippen molar-refractivity contribution < 1.29 is 14.4 Å². The first-order valence-corrected chi connectivity index (χ1v) is 8.95. The van der Waals surface area contributed by atoms with Gasteiger partial charge in [0.2, 0.25) is 17.7 Å². The molecular weight excluding hydrogens is 362 g/mol. The van der Waals surface area contributed by atoms with E-state index in [9.17, 15) is 14.4 Å². The summed E-state index contributed by atoms with van der Waals surface area (Å²) in [6.07, 6.45) is 2.18. The van der Waals surface area contributed by atoms with E-state index in [-0.39, 0.29) is 17.7 Å². The van der Waals surface area contributed by atoms with Crippen LogP contribution in [0, 0.1) is 5.92 Å². The minimum Gasteiger partial charge on any atom is -0.341 e. The van der Waals surface area contributed by atoms with Crippen molar-refractivity contribution in [1.82, 2.24) is 14.7 Å². The molecule has 6 nitrogen and oxygen atoms in total. The van der Waals surface area contributed by atoms with Crippen LogP contribution in [0.15, 0.2) is 12.7 Å². The molecule has 23 heavy (non-hydrogen) atoms. The second-order valence-electron chi connectivity index (χ2n) is 6.20. The topological polar surface area (TPSA) is 60.9 Å². The third kappa shape index (κ3) is 4.56. The Morgan fingerprint density at radius 3 is 2.48 bits per heavy atom. The van der Waals surface area contributed by atoms with E-state index in [1.165, 1.54) is 6.08 Å². The largest absolute Gasteiger partial charge is 0.341 e. The Balaban J connectivity index is 1.76. The molecule has 0 aromatic heterocycles. The number of carbonyl (C=O) groups excluding carboxylic acids is 3. The Hall–Kier alpha value is -1.37. The molecule has 2 atom stereocenters. The van der Waals surface area contributed by atoms with Gasteiger partial charge in [0.25, 0.3) is 0 Å². The van der Waals surface area contributed by atoms with Crippen molar-refractivity contribution in [2.45, 2.75) is 24.6 Å². The summed E-state index contributed by atoms with van der Waals surface area (Å²) >= 11 is 3.60. The van der Waals surface area contributed by atoms with Gasteiger partial charge in [-0.15, -0.1) is 0 Å². The van der Waals surface area contributed by atoms with Gasteiger partial charge in [-0.25, -0.2) is 0 Å². The maximum Gasteiger partial charge on any atom is 0.246 e. The second kappa shape index (κ2) is 7.95. The Labute approximate surface area is 145 Å². The standard InChI is InChI=1S/C16H24BrN3O3/c1-3-14(21)18-6-8-19(9-7-18)15(22)4-5-20-11-13(17)12(2)10-16(20)23/h3,12-13H,1,4-11H2,2H3. The maximum absolute atomic E-state index is 12.3. The van der Waals surface area contributed by atoms with Gasteiger partial charge in [-0.3, -0.25) is 14.4 Å². The van der Waals surface area contributed by atoms with Crippen molar-refractivity contribution in [2.24, 2.45) is 5.92 Å². The van der Waals surface area contributed by atoms with Gasteiger partial charge in [0.1, 0.15) is 0 Å². The van der Waals surface area contributed by atoms with Crippen LogP contribution in [-0.4, -0.2) is 76.5 Å². The number of piperidine rings is 1. The van der Waals surface area contributed by atoms with Gasteiger partial charge in [-0.1, -0.05) is 29.4 Å². The summed E-state index contributed by atoms with van der Waals surface area (Å²) in [4.78, 5) is 41.4. The lowest BCUT2D eigenvalue weighted by Gasteiger charge is -2.36. The second-order valence-corrected chi connectivity index (χ2v) is 7.37. The molecule has 2 unspecified atom stereocenters. The Morgan fingerprint density at radius 2 is 1.87 bits per heavy atom. The van der Waals surface area contributed by atoms with Crippen LogP contribution in [0.25, 0.3) is 0 Å². The molecule has 7 heteroatoms. The lowest BCUT2D eigenvalue weighted by atomic mass is 9.98. The van der Waals surface area contributed by atoms with Gasteiger partial charge < -0.3 is 14.7 Å². The van der Waals surface area contributed by atoms with Gasteiger partial charge in [-0.2, -0.15) is 0 Å². The quantitative estimate of drug-likeness (QED) is 0.532. The molecule has 0 bridgehead atoms. The fraction of sp³-hybridized carbons (Fsp3) is 0.688. The molecule has 0 aromatic carbocycles. The molecule has 0 N–H and O–H groups in total. The zero-order valence-electron chi connectivity index (χ0n) is 13.5. The van der Waals surface area contributed by atoms with Crippen LogP contribution in [-0.2, 0) is 14.4 Å². The van der Waals surface area contributed by atoms with Crippen molar-refractivity contribution in [3.05, 3.63) is 12.7 Å². The van der Waals surface area contributed by atoms with Crippen LogP contribution in [0.2, 0.25) is 0 Å². The van der Waals surface area contributed by atoms with E-state index in [1.807, 2.05) is 0 Å². The van der Waals surface area contributed by atoms with Gasteiger partial charge in [0.15, 0.2) is 0 Å². The minimum atomic E-state index is -0.0894. The summed E-state index contributed by atoms with van der Waals surface area (Å²) in [6, 6.07) is 0. The molecule has 0 aliphatic carbocycles. The number of nitrogens with zero attached hydrogens (tertiary/aromatic N) is 3. The van der Waals surface area contributed by atoms with Gasteiger partial charge >= 0.3 is 0 Å². The number of halogens is 1. The molecule has 2 aliphatic heterocycles. The molecule has 2 heterocycles. The third-order valence-electron chi connectivity index (χ3n) is 4.58. The summed E-state index contributed by atoms with van der Waals surface area (Å²) in [5, 5.41) is 0. The number of rotatable bonds is 4. The lowest BCUT2D eigenvalue weighted by Crippen LogP contribution is -2.51. The van der Waals surface area contributed by atoms with E-state index in [4.69, 9.17) is 0 Å². The molecule has 128 valence electrons. The summed E-state index contributed by atoms with van der Waals surface area (Å²) in [6.45, 7) is 8.84. The molecule has 2 fully saturated rings. The highest BCUT2D eigenvalue weighted by Crippen LogP contribution is 2.24. The maximum atomic E-state index is 12.3. The molecule has 0 radical (unpaired) electrons. The number of hydrogen-bond donors (Lipinski definition) is 0. The van der Waals surface area contributed by atoms with Crippen molar-refractivity contribution >= 4 is 33.7 Å². The fourth-order valence-corrected chi connectivity index (χ4v) is 3.47. The highest BCUT2D eigenvalue weighted by molar-refractivity contribution is 9.09. The minimum absolute atomic E-state index is 0.0493. The predicted molar refractivity (Wildman–Crippen MR) is 91.1 cm³/mol. The number of alkyl halides is 1. The summed E-state index contributed by atoms with van der Waals surface area (Å²) in [7, 11) is 0. The van der Waals surface area contributed by atoms with Crippen molar-refractivity contribution in [3.63, 3.8) is 0 Å². The smallest absolute Gasteiger partial charge is 0.246 e. The molecule has 0 saturated carbocycles. The number of piperazine rings is 1. The van der Waals surface area contributed by atoms with E-state index in [0.717, 1.165) is 0 Å². The first-order valence-electron chi connectivity index (χ1n) is 8.03. The molecular formula is C16H24BrN3O3. The molecule has 2 rings (SSSR count). The summed E-state index contributed by atoms with van der Waals surface area (Å²) < 4.78 is 0. The van der Waals surface area contributed by atoms with Crippen molar-refractivity contribution in [3.8, 4) is 0 Å². The Morgan fingerprint density at radius 1 is 1.26 bits per heavy atom. The first kappa shape index (κ1) is 18.0. The molecule has 0 aromatic rings. The summed E-state index contributed by atoms with van der Waals surface area (Å²) in [5.74, 6) is 0.425. The van der Waals surface area contributed by atoms with E-state index in [0.29, 0.717) is 62.9 Å². The number of carbonyl (C=O) groups is 3. The average Bonchev–Trinajstić information content (AvgIpc) is 2.56. The molecule has 3 amide bonds. The highest BCUT2D eigenvalue weighted by atomic mass is 79.9. The fourth-order valence-electron chi connectivity index (χ4n) is 2.93. The van der Waals surface area contributed by atoms with E-state index in [2.05, 4.69) is 29.4 Å². The highest BCUT2D eigenvalue weighted by Gasteiger charge is 2.30. The third-order valence-corrected chi connectivity index (χ3v) is 5.77. The van der Waals surface area contributed by atoms with E-state index < -0.39 is 0 Å². The Kier molecular flexibility index (Phi) is 6.21. The SMILES string of the molecule is C=CC(=O)N1CCN(C(=O)CCN2CC(Br)C(C)CC2=O)CC1.